The highest BCUT2D eigenvalue weighted by Crippen LogP contribution is 2.29. The van der Waals surface area contributed by atoms with Crippen LogP contribution < -0.4 is 5.32 Å². The zero-order valence-corrected chi connectivity index (χ0v) is 10.6. The Morgan fingerprint density at radius 1 is 0.947 bits per heavy atom. The summed E-state index contributed by atoms with van der Waals surface area (Å²) < 4.78 is 0. The lowest BCUT2D eigenvalue weighted by Gasteiger charge is -2.28. The molecule has 0 saturated carbocycles. The molecule has 0 aliphatic carbocycles. The molecule has 0 aromatic heterocycles. The Bertz CT molecular complexity index is 661. The molecule has 0 atom stereocenters. The minimum absolute atomic E-state index is 0.940. The van der Waals surface area contributed by atoms with E-state index in [2.05, 4.69) is 52.7 Å². The fourth-order valence-electron chi connectivity index (χ4n) is 2.75. The Balaban J connectivity index is 1.78. The van der Waals surface area contributed by atoms with Crippen LogP contribution in [0.3, 0.4) is 0 Å². The smallest absolute Gasteiger partial charge is 0.204 e. The molecule has 0 bridgehead atoms. The summed E-state index contributed by atoms with van der Waals surface area (Å²) in [6.07, 6.45) is 1.06. The van der Waals surface area contributed by atoms with Crippen LogP contribution in [-0.4, -0.2) is 17.4 Å². The van der Waals surface area contributed by atoms with Gasteiger partial charge >= 0.3 is 0 Å². The van der Waals surface area contributed by atoms with E-state index in [4.69, 9.17) is 4.99 Å². The van der Waals surface area contributed by atoms with Crippen LogP contribution in [0, 0.1) is 0 Å². The molecular formula is C16H15N3. The molecular weight excluding hydrogens is 234 g/mol. The van der Waals surface area contributed by atoms with E-state index in [1.165, 1.54) is 16.8 Å². The van der Waals surface area contributed by atoms with Crippen LogP contribution in [0.5, 0.6) is 0 Å². The van der Waals surface area contributed by atoms with E-state index in [1.807, 2.05) is 6.07 Å². The fourth-order valence-corrected chi connectivity index (χ4v) is 2.75. The van der Waals surface area contributed by atoms with Crippen molar-refractivity contribution in [3.63, 3.8) is 0 Å². The monoisotopic (exact) mass is 249 g/mol. The Morgan fingerprint density at radius 2 is 1.74 bits per heavy atom. The number of anilines is 1. The van der Waals surface area contributed by atoms with Gasteiger partial charge in [0.15, 0.2) is 0 Å². The van der Waals surface area contributed by atoms with Crippen molar-refractivity contribution in [1.82, 2.24) is 4.90 Å². The predicted molar refractivity (Wildman–Crippen MR) is 77.7 cm³/mol. The summed E-state index contributed by atoms with van der Waals surface area (Å²) in [5, 5.41) is 3.48. The Morgan fingerprint density at radius 3 is 2.68 bits per heavy atom. The summed E-state index contributed by atoms with van der Waals surface area (Å²) in [5.74, 6) is 0.976. The van der Waals surface area contributed by atoms with E-state index in [1.54, 1.807) is 0 Å². The standard InChI is InChI=1S/C16H15N3/c1-3-7-14-12(5-1)9-10-19-11-13-6-2-4-8-15(13)18-16(19)17-14/h1-8H,9-11H2,(H,17,18). The first kappa shape index (κ1) is 10.6. The van der Waals surface area contributed by atoms with Crippen LogP contribution in [0.1, 0.15) is 11.1 Å². The van der Waals surface area contributed by atoms with Crippen LogP contribution in [0.25, 0.3) is 0 Å². The highest BCUT2D eigenvalue weighted by atomic mass is 15.3. The Kier molecular flexibility index (Phi) is 2.30. The lowest BCUT2D eigenvalue weighted by Crippen LogP contribution is -2.37. The van der Waals surface area contributed by atoms with Gasteiger partial charge in [-0.2, -0.15) is 0 Å². The minimum Gasteiger partial charge on any atom is -0.338 e. The SMILES string of the molecule is c1ccc2c(c1)CN1CCc3ccccc3NC1=N2. The number of hydrogen-bond donors (Lipinski definition) is 1. The van der Waals surface area contributed by atoms with Gasteiger partial charge in [0, 0.05) is 18.8 Å². The van der Waals surface area contributed by atoms with Gasteiger partial charge in [-0.25, -0.2) is 4.99 Å². The Labute approximate surface area is 112 Å². The second-order valence-corrected chi connectivity index (χ2v) is 5.02. The molecule has 0 saturated heterocycles. The minimum atomic E-state index is 0.940. The fraction of sp³-hybridized carbons (Fsp3) is 0.188. The first-order chi connectivity index (χ1) is 9.40. The molecule has 3 heteroatoms. The number of para-hydroxylation sites is 2. The second kappa shape index (κ2) is 4.12. The van der Waals surface area contributed by atoms with Crippen molar-refractivity contribution in [1.29, 1.82) is 0 Å². The summed E-state index contributed by atoms with van der Waals surface area (Å²) >= 11 is 0. The second-order valence-electron chi connectivity index (χ2n) is 5.02. The average molecular weight is 249 g/mol. The molecule has 94 valence electrons. The van der Waals surface area contributed by atoms with Gasteiger partial charge in [-0.1, -0.05) is 36.4 Å². The predicted octanol–water partition coefficient (Wildman–Crippen LogP) is 3.16. The van der Waals surface area contributed by atoms with Gasteiger partial charge in [-0.05, 0) is 29.7 Å². The molecule has 4 rings (SSSR count). The van der Waals surface area contributed by atoms with Gasteiger partial charge < -0.3 is 10.2 Å². The number of nitrogens with one attached hydrogen (secondary N) is 1. The lowest BCUT2D eigenvalue weighted by molar-refractivity contribution is 0.414. The maximum Gasteiger partial charge on any atom is 0.204 e. The number of fused-ring (bicyclic) bond motifs is 3. The molecule has 2 aliphatic heterocycles. The van der Waals surface area contributed by atoms with E-state index in [-0.39, 0.29) is 0 Å². The number of hydrogen-bond acceptors (Lipinski definition) is 3. The van der Waals surface area contributed by atoms with Gasteiger partial charge in [0.2, 0.25) is 5.96 Å². The number of guanidine groups is 1. The summed E-state index contributed by atoms with van der Waals surface area (Å²) in [4.78, 5) is 7.08. The first-order valence-electron chi connectivity index (χ1n) is 6.67. The van der Waals surface area contributed by atoms with Gasteiger partial charge in [0.25, 0.3) is 0 Å². The number of benzene rings is 2. The zero-order valence-electron chi connectivity index (χ0n) is 10.6. The normalized spacial score (nSPS) is 16.4. The quantitative estimate of drug-likeness (QED) is 0.776. The maximum atomic E-state index is 4.76. The maximum absolute atomic E-state index is 4.76. The molecule has 2 aromatic rings. The number of aliphatic imine (C=N–C) groups is 1. The van der Waals surface area contributed by atoms with Crippen LogP contribution in [0.4, 0.5) is 11.4 Å². The van der Waals surface area contributed by atoms with Crippen molar-refractivity contribution < 1.29 is 0 Å². The molecule has 0 spiro atoms. The van der Waals surface area contributed by atoms with Crippen LogP contribution in [-0.2, 0) is 13.0 Å². The van der Waals surface area contributed by atoms with Gasteiger partial charge in [-0.3, -0.25) is 0 Å². The Hall–Kier alpha value is -2.29. The third kappa shape index (κ3) is 1.78. The van der Waals surface area contributed by atoms with E-state index in [0.29, 0.717) is 0 Å². The van der Waals surface area contributed by atoms with Crippen molar-refractivity contribution >= 4 is 17.3 Å². The first-order valence-corrected chi connectivity index (χ1v) is 6.67. The molecule has 2 aliphatic rings. The molecule has 0 fully saturated rings. The van der Waals surface area contributed by atoms with E-state index in [0.717, 1.165) is 31.2 Å². The molecule has 19 heavy (non-hydrogen) atoms. The van der Waals surface area contributed by atoms with E-state index in [9.17, 15) is 0 Å². The van der Waals surface area contributed by atoms with Gasteiger partial charge in [-0.15, -0.1) is 0 Å². The zero-order chi connectivity index (χ0) is 12.7. The summed E-state index contributed by atoms with van der Waals surface area (Å²) in [6, 6.07) is 16.9. The molecule has 0 amide bonds. The third-order valence-electron chi connectivity index (χ3n) is 3.79. The summed E-state index contributed by atoms with van der Waals surface area (Å²) in [5.41, 5.74) is 4.94. The summed E-state index contributed by atoms with van der Waals surface area (Å²) in [7, 11) is 0. The molecule has 1 N–H and O–H groups in total. The van der Waals surface area contributed by atoms with E-state index >= 15 is 0 Å². The van der Waals surface area contributed by atoms with Crippen LogP contribution >= 0.6 is 0 Å². The van der Waals surface area contributed by atoms with Gasteiger partial charge in [0.05, 0.1) is 5.69 Å². The van der Waals surface area contributed by atoms with Crippen molar-refractivity contribution in [3.8, 4) is 0 Å². The third-order valence-corrected chi connectivity index (χ3v) is 3.79. The highest BCUT2D eigenvalue weighted by molar-refractivity contribution is 5.97. The van der Waals surface area contributed by atoms with Crippen molar-refractivity contribution in [3.05, 3.63) is 59.7 Å². The van der Waals surface area contributed by atoms with Crippen molar-refractivity contribution in [2.45, 2.75) is 13.0 Å². The number of nitrogens with zero attached hydrogens (tertiary/aromatic N) is 2. The molecule has 3 nitrogen and oxygen atoms in total. The van der Waals surface area contributed by atoms with Crippen LogP contribution in [0.2, 0.25) is 0 Å². The molecule has 0 unspecified atom stereocenters. The number of rotatable bonds is 0. The van der Waals surface area contributed by atoms with Crippen LogP contribution in [0.15, 0.2) is 53.5 Å². The van der Waals surface area contributed by atoms with Crippen molar-refractivity contribution in [2.24, 2.45) is 4.99 Å². The van der Waals surface area contributed by atoms with Crippen molar-refractivity contribution in [2.75, 3.05) is 11.9 Å². The largest absolute Gasteiger partial charge is 0.338 e. The molecule has 0 radical (unpaired) electrons. The average Bonchev–Trinajstić information content (AvgIpc) is 2.63. The summed E-state index contributed by atoms with van der Waals surface area (Å²) in [6.45, 7) is 1.95. The van der Waals surface area contributed by atoms with Gasteiger partial charge in [0.1, 0.15) is 0 Å². The lowest BCUT2D eigenvalue weighted by atomic mass is 10.1. The molecule has 2 aromatic carbocycles. The van der Waals surface area contributed by atoms with E-state index < -0.39 is 0 Å². The molecule has 2 heterocycles. The topological polar surface area (TPSA) is 27.6 Å². The highest BCUT2D eigenvalue weighted by Gasteiger charge is 2.22.